The Labute approximate surface area is 136 Å². The molecule has 2 fully saturated rings. The second-order valence-electron chi connectivity index (χ2n) is 6.79. The van der Waals surface area contributed by atoms with Gasteiger partial charge in [0.2, 0.25) is 0 Å². The third kappa shape index (κ3) is 3.51. The number of hydrogen-bond acceptors (Lipinski definition) is 5. The van der Waals surface area contributed by atoms with E-state index >= 15 is 0 Å². The topological polar surface area (TPSA) is 42.4 Å². The van der Waals surface area contributed by atoms with Crippen LogP contribution in [0.3, 0.4) is 0 Å². The molecule has 1 saturated heterocycles. The lowest BCUT2D eigenvalue weighted by molar-refractivity contribution is -0.149. The molecule has 4 nitrogen and oxygen atoms in total. The third-order valence-electron chi connectivity index (χ3n) is 5.08. The van der Waals surface area contributed by atoms with Crippen molar-refractivity contribution in [2.45, 2.75) is 64.0 Å². The fourth-order valence-electron chi connectivity index (χ4n) is 3.72. The molecule has 22 heavy (non-hydrogen) atoms. The highest BCUT2D eigenvalue weighted by molar-refractivity contribution is 7.11. The SMILES string of the molecule is COC(=O)[C@@H]1C[C@@H](C)CCN1Cc1cnc(C2CCCC2)s1. The second-order valence-corrected chi connectivity index (χ2v) is 7.93. The maximum Gasteiger partial charge on any atom is 0.323 e. The van der Waals surface area contributed by atoms with Crippen molar-refractivity contribution in [1.29, 1.82) is 0 Å². The summed E-state index contributed by atoms with van der Waals surface area (Å²) in [5, 5.41) is 1.30. The molecule has 5 heteroatoms. The Morgan fingerprint density at radius 2 is 2.18 bits per heavy atom. The number of thiazole rings is 1. The highest BCUT2D eigenvalue weighted by atomic mass is 32.1. The Kier molecular flexibility index (Phi) is 5.14. The number of hydrogen-bond donors (Lipinski definition) is 0. The number of likely N-dealkylation sites (tertiary alicyclic amines) is 1. The van der Waals surface area contributed by atoms with Gasteiger partial charge < -0.3 is 4.74 Å². The summed E-state index contributed by atoms with van der Waals surface area (Å²) in [6.07, 6.45) is 9.34. The van der Waals surface area contributed by atoms with E-state index in [0.717, 1.165) is 25.9 Å². The molecule has 1 saturated carbocycles. The first-order chi connectivity index (χ1) is 10.7. The van der Waals surface area contributed by atoms with E-state index in [1.165, 1.54) is 42.7 Å². The van der Waals surface area contributed by atoms with Crippen LogP contribution in [-0.2, 0) is 16.1 Å². The van der Waals surface area contributed by atoms with Crippen LogP contribution in [-0.4, -0.2) is 35.5 Å². The fraction of sp³-hybridized carbons (Fsp3) is 0.765. The van der Waals surface area contributed by atoms with Crippen LogP contribution in [0.4, 0.5) is 0 Å². The molecule has 1 aromatic rings. The van der Waals surface area contributed by atoms with Crippen LogP contribution >= 0.6 is 11.3 Å². The number of piperidine rings is 1. The van der Waals surface area contributed by atoms with Gasteiger partial charge >= 0.3 is 5.97 Å². The molecule has 1 aliphatic heterocycles. The van der Waals surface area contributed by atoms with Gasteiger partial charge in [-0.2, -0.15) is 0 Å². The van der Waals surface area contributed by atoms with Crippen LogP contribution in [0.1, 0.15) is 61.3 Å². The van der Waals surface area contributed by atoms with Crippen molar-refractivity contribution in [1.82, 2.24) is 9.88 Å². The number of methoxy groups -OCH3 is 1. The van der Waals surface area contributed by atoms with Gasteiger partial charge in [0, 0.05) is 23.5 Å². The van der Waals surface area contributed by atoms with Crippen LogP contribution in [0.25, 0.3) is 0 Å². The summed E-state index contributed by atoms with van der Waals surface area (Å²) in [5.74, 6) is 1.18. The highest BCUT2D eigenvalue weighted by Crippen LogP contribution is 2.36. The Balaban J connectivity index is 1.66. The van der Waals surface area contributed by atoms with Crippen LogP contribution in [0.15, 0.2) is 6.20 Å². The molecule has 1 aromatic heterocycles. The summed E-state index contributed by atoms with van der Waals surface area (Å²) in [7, 11) is 1.49. The molecule has 0 radical (unpaired) electrons. The number of carbonyl (C=O) groups excluding carboxylic acids is 1. The predicted octanol–water partition coefficient (Wildman–Crippen LogP) is 3.57. The maximum absolute atomic E-state index is 12.1. The van der Waals surface area contributed by atoms with E-state index in [9.17, 15) is 4.79 Å². The van der Waals surface area contributed by atoms with Crippen LogP contribution in [0.5, 0.6) is 0 Å². The maximum atomic E-state index is 12.1. The van der Waals surface area contributed by atoms with Crippen molar-refractivity contribution in [3.8, 4) is 0 Å². The molecule has 0 aromatic carbocycles. The number of nitrogens with zero attached hydrogens (tertiary/aromatic N) is 2. The van der Waals surface area contributed by atoms with Gasteiger partial charge in [0.05, 0.1) is 12.1 Å². The Morgan fingerprint density at radius 3 is 2.91 bits per heavy atom. The van der Waals surface area contributed by atoms with Gasteiger partial charge in [-0.1, -0.05) is 19.8 Å². The van der Waals surface area contributed by atoms with Gasteiger partial charge in [-0.25, -0.2) is 4.98 Å². The van der Waals surface area contributed by atoms with Crippen molar-refractivity contribution in [3.05, 3.63) is 16.1 Å². The minimum atomic E-state index is -0.0919. The minimum absolute atomic E-state index is 0.0907. The van der Waals surface area contributed by atoms with E-state index in [1.807, 2.05) is 17.5 Å². The monoisotopic (exact) mass is 322 g/mol. The number of aromatic nitrogens is 1. The van der Waals surface area contributed by atoms with E-state index in [0.29, 0.717) is 11.8 Å². The first-order valence-corrected chi connectivity index (χ1v) is 9.25. The summed E-state index contributed by atoms with van der Waals surface area (Å²) in [6, 6.07) is -0.0919. The Hall–Kier alpha value is -0.940. The molecule has 0 unspecified atom stereocenters. The average molecular weight is 322 g/mol. The largest absolute Gasteiger partial charge is 0.468 e. The van der Waals surface area contributed by atoms with E-state index in [4.69, 9.17) is 4.74 Å². The number of esters is 1. The molecule has 2 atom stereocenters. The molecule has 0 spiro atoms. The normalized spacial score (nSPS) is 27.2. The lowest BCUT2D eigenvalue weighted by Gasteiger charge is -2.36. The van der Waals surface area contributed by atoms with Gasteiger partial charge in [-0.05, 0) is 38.1 Å². The van der Waals surface area contributed by atoms with E-state index in [1.54, 1.807) is 0 Å². The lowest BCUT2D eigenvalue weighted by Crippen LogP contribution is -2.46. The standard InChI is InChI=1S/C17H26N2O2S/c1-12-7-8-19(15(9-12)17(20)21-2)11-14-10-18-16(22-14)13-5-3-4-6-13/h10,12-13,15H,3-9,11H2,1-2H3/t12-,15-/m0/s1. The fourth-order valence-corrected chi connectivity index (χ4v) is 4.83. The number of carbonyl (C=O) groups is 1. The summed E-state index contributed by atoms with van der Waals surface area (Å²) in [6.45, 7) is 4.02. The highest BCUT2D eigenvalue weighted by Gasteiger charge is 2.33. The molecule has 0 amide bonds. The van der Waals surface area contributed by atoms with E-state index in [-0.39, 0.29) is 12.0 Å². The third-order valence-corrected chi connectivity index (χ3v) is 6.23. The summed E-state index contributed by atoms with van der Waals surface area (Å²) in [5.41, 5.74) is 0. The molecule has 122 valence electrons. The van der Waals surface area contributed by atoms with Crippen molar-refractivity contribution in [2.75, 3.05) is 13.7 Å². The molecule has 0 N–H and O–H groups in total. The first-order valence-electron chi connectivity index (χ1n) is 8.44. The van der Waals surface area contributed by atoms with Crippen molar-refractivity contribution < 1.29 is 9.53 Å². The predicted molar refractivity (Wildman–Crippen MR) is 87.9 cm³/mol. The average Bonchev–Trinajstić information content (AvgIpc) is 3.19. The van der Waals surface area contributed by atoms with Gasteiger partial charge in [0.1, 0.15) is 6.04 Å². The van der Waals surface area contributed by atoms with Gasteiger partial charge in [-0.15, -0.1) is 11.3 Å². The zero-order chi connectivity index (χ0) is 15.5. The molecule has 3 rings (SSSR count). The Morgan fingerprint density at radius 1 is 1.41 bits per heavy atom. The smallest absolute Gasteiger partial charge is 0.323 e. The molecule has 0 bridgehead atoms. The zero-order valence-corrected chi connectivity index (χ0v) is 14.4. The molecule has 2 aliphatic rings. The minimum Gasteiger partial charge on any atom is -0.468 e. The van der Waals surface area contributed by atoms with E-state index in [2.05, 4.69) is 16.8 Å². The molecular formula is C17H26N2O2S. The van der Waals surface area contributed by atoms with Gasteiger partial charge in [-0.3, -0.25) is 9.69 Å². The second kappa shape index (κ2) is 7.09. The van der Waals surface area contributed by atoms with E-state index < -0.39 is 0 Å². The number of rotatable bonds is 4. The van der Waals surface area contributed by atoms with Crippen LogP contribution in [0, 0.1) is 5.92 Å². The molecular weight excluding hydrogens is 296 g/mol. The van der Waals surface area contributed by atoms with Crippen molar-refractivity contribution >= 4 is 17.3 Å². The van der Waals surface area contributed by atoms with Crippen LogP contribution in [0.2, 0.25) is 0 Å². The number of ether oxygens (including phenoxy) is 1. The van der Waals surface area contributed by atoms with Gasteiger partial charge in [0.25, 0.3) is 0 Å². The quantitative estimate of drug-likeness (QED) is 0.795. The van der Waals surface area contributed by atoms with Gasteiger partial charge in [0.15, 0.2) is 0 Å². The van der Waals surface area contributed by atoms with Crippen molar-refractivity contribution in [3.63, 3.8) is 0 Å². The summed E-state index contributed by atoms with van der Waals surface area (Å²) < 4.78 is 5.00. The lowest BCUT2D eigenvalue weighted by atomic mass is 9.92. The van der Waals surface area contributed by atoms with Crippen LogP contribution < -0.4 is 0 Å². The first kappa shape index (κ1) is 15.9. The Bertz CT molecular complexity index is 511. The summed E-state index contributed by atoms with van der Waals surface area (Å²) in [4.78, 5) is 20.3. The molecule has 2 heterocycles. The molecule has 1 aliphatic carbocycles. The van der Waals surface area contributed by atoms with Crippen molar-refractivity contribution in [2.24, 2.45) is 5.92 Å². The zero-order valence-electron chi connectivity index (χ0n) is 13.6. The summed E-state index contributed by atoms with van der Waals surface area (Å²) >= 11 is 1.84.